The van der Waals surface area contributed by atoms with Crippen molar-refractivity contribution < 1.29 is 22.7 Å². The summed E-state index contributed by atoms with van der Waals surface area (Å²) >= 11 is 0. The van der Waals surface area contributed by atoms with Gasteiger partial charge in [0.05, 0.1) is 17.7 Å². The number of rotatable bonds is 10. The van der Waals surface area contributed by atoms with Crippen LogP contribution < -0.4 is 14.4 Å². The van der Waals surface area contributed by atoms with Gasteiger partial charge in [0.25, 0.3) is 10.0 Å². The molecule has 8 nitrogen and oxygen atoms in total. The molecule has 0 radical (unpaired) electrons. The number of benzene rings is 3. The fourth-order valence-corrected chi connectivity index (χ4v) is 5.37. The highest BCUT2D eigenvalue weighted by Gasteiger charge is 2.33. The first-order chi connectivity index (χ1) is 18.3. The molecule has 0 saturated heterocycles. The molecule has 3 aromatic rings. The van der Waals surface area contributed by atoms with Gasteiger partial charge in [0.1, 0.15) is 18.3 Å². The smallest absolute Gasteiger partial charge is 0.264 e. The van der Waals surface area contributed by atoms with Crippen molar-refractivity contribution in [3.63, 3.8) is 0 Å². The van der Waals surface area contributed by atoms with Gasteiger partial charge in [-0.25, -0.2) is 8.42 Å². The topological polar surface area (TPSA) is 96.0 Å². The fourth-order valence-electron chi connectivity index (χ4n) is 3.95. The van der Waals surface area contributed by atoms with Crippen LogP contribution in [-0.2, 0) is 26.2 Å². The molecule has 0 aliphatic rings. The third-order valence-electron chi connectivity index (χ3n) is 6.11. The van der Waals surface area contributed by atoms with Crippen molar-refractivity contribution in [2.45, 2.75) is 57.6 Å². The first-order valence-electron chi connectivity index (χ1n) is 12.7. The molecule has 39 heavy (non-hydrogen) atoms. The zero-order valence-corrected chi connectivity index (χ0v) is 24.2. The van der Waals surface area contributed by atoms with E-state index in [1.807, 2.05) is 58.0 Å². The monoisotopic (exact) mass is 551 g/mol. The Morgan fingerprint density at radius 2 is 1.51 bits per heavy atom. The molecule has 0 unspecified atom stereocenters. The molecule has 1 N–H and O–H groups in total. The lowest BCUT2D eigenvalue weighted by atomic mass is 10.1. The number of methoxy groups -OCH3 is 1. The lowest BCUT2D eigenvalue weighted by molar-refractivity contribution is -0.140. The van der Waals surface area contributed by atoms with E-state index in [1.165, 1.54) is 24.1 Å². The minimum absolute atomic E-state index is 0.0600. The third kappa shape index (κ3) is 7.83. The van der Waals surface area contributed by atoms with Crippen molar-refractivity contribution in [2.75, 3.05) is 18.0 Å². The van der Waals surface area contributed by atoms with Crippen LogP contribution in [0.25, 0.3) is 0 Å². The van der Waals surface area contributed by atoms with Crippen LogP contribution in [0.15, 0.2) is 83.8 Å². The Bertz CT molecular complexity index is 1370. The van der Waals surface area contributed by atoms with Gasteiger partial charge in [0.2, 0.25) is 11.8 Å². The molecule has 0 spiro atoms. The summed E-state index contributed by atoms with van der Waals surface area (Å²) in [6.07, 6.45) is 0. The normalized spacial score (nSPS) is 12.4. The number of sulfonamides is 1. The fraction of sp³-hybridized carbons (Fsp3) is 0.333. The van der Waals surface area contributed by atoms with E-state index >= 15 is 0 Å². The van der Waals surface area contributed by atoms with Gasteiger partial charge in [0, 0.05) is 12.1 Å². The summed E-state index contributed by atoms with van der Waals surface area (Å²) in [6.45, 7) is 8.74. The van der Waals surface area contributed by atoms with E-state index in [0.717, 1.165) is 15.4 Å². The molecular weight excluding hydrogens is 514 g/mol. The maximum Gasteiger partial charge on any atom is 0.264 e. The van der Waals surface area contributed by atoms with Crippen molar-refractivity contribution in [2.24, 2.45) is 0 Å². The van der Waals surface area contributed by atoms with Gasteiger partial charge in [-0.1, -0.05) is 48.0 Å². The number of amides is 2. The van der Waals surface area contributed by atoms with Gasteiger partial charge in [-0.2, -0.15) is 0 Å². The second-order valence-electron chi connectivity index (χ2n) is 10.4. The maximum absolute atomic E-state index is 13.9. The van der Waals surface area contributed by atoms with Crippen LogP contribution in [0.5, 0.6) is 5.75 Å². The summed E-state index contributed by atoms with van der Waals surface area (Å²) < 4.78 is 34.0. The van der Waals surface area contributed by atoms with Gasteiger partial charge in [-0.05, 0) is 76.6 Å². The molecule has 0 aromatic heterocycles. The zero-order valence-electron chi connectivity index (χ0n) is 23.3. The van der Waals surface area contributed by atoms with Crippen LogP contribution in [0.1, 0.15) is 38.8 Å². The van der Waals surface area contributed by atoms with E-state index < -0.39 is 34.1 Å². The first-order valence-corrected chi connectivity index (χ1v) is 14.1. The molecule has 2 amide bonds. The average Bonchev–Trinajstić information content (AvgIpc) is 2.89. The average molecular weight is 552 g/mol. The minimum atomic E-state index is -4.12. The molecule has 0 saturated carbocycles. The maximum atomic E-state index is 13.9. The zero-order chi connectivity index (χ0) is 28.8. The second-order valence-corrected chi connectivity index (χ2v) is 12.3. The number of carbonyl (C=O) groups is 2. The summed E-state index contributed by atoms with van der Waals surface area (Å²) in [4.78, 5) is 28.5. The second kappa shape index (κ2) is 12.3. The number of nitrogens with one attached hydrogen (secondary N) is 1. The minimum Gasteiger partial charge on any atom is -0.497 e. The lowest BCUT2D eigenvalue weighted by Gasteiger charge is -2.33. The van der Waals surface area contributed by atoms with Gasteiger partial charge in [-0.3, -0.25) is 13.9 Å². The Morgan fingerprint density at radius 3 is 2.05 bits per heavy atom. The number of anilines is 1. The Hall–Kier alpha value is -3.85. The number of ether oxygens (including phenoxy) is 1. The first kappa shape index (κ1) is 29.7. The van der Waals surface area contributed by atoms with E-state index in [4.69, 9.17) is 4.74 Å². The standard InChI is InChI=1S/C30H37N3O5S/c1-22-12-18-27(19-13-22)39(36,37)33(25-14-16-26(38-6)17-15-25)21-28(34)32(20-24-10-8-7-9-11-24)23(2)29(35)31-30(3,4)5/h7-19,23H,20-21H2,1-6H3,(H,31,35)/t23-/m0/s1. The molecule has 0 fully saturated rings. The van der Waals surface area contributed by atoms with E-state index in [1.54, 1.807) is 43.3 Å². The van der Waals surface area contributed by atoms with E-state index in [2.05, 4.69) is 5.32 Å². The molecule has 208 valence electrons. The molecular formula is C30H37N3O5S. The lowest BCUT2D eigenvalue weighted by Crippen LogP contribution is -2.54. The Morgan fingerprint density at radius 1 is 0.923 bits per heavy atom. The quantitative estimate of drug-likeness (QED) is 0.399. The van der Waals surface area contributed by atoms with Crippen LogP contribution in [-0.4, -0.2) is 50.4 Å². The Kier molecular flexibility index (Phi) is 9.40. The molecule has 0 heterocycles. The molecule has 3 aromatic carbocycles. The van der Waals surface area contributed by atoms with Crippen LogP contribution in [0.4, 0.5) is 5.69 Å². The highest BCUT2D eigenvalue weighted by Crippen LogP contribution is 2.27. The summed E-state index contributed by atoms with van der Waals surface area (Å²) in [5, 5.41) is 2.92. The van der Waals surface area contributed by atoms with Crippen molar-refractivity contribution in [1.82, 2.24) is 10.2 Å². The number of carbonyl (C=O) groups excluding carboxylic acids is 2. The van der Waals surface area contributed by atoms with Crippen LogP contribution in [0.3, 0.4) is 0 Å². The molecule has 9 heteroatoms. The number of aryl methyl sites for hydroxylation is 1. The van der Waals surface area contributed by atoms with Gasteiger partial charge in [-0.15, -0.1) is 0 Å². The van der Waals surface area contributed by atoms with Crippen LogP contribution in [0.2, 0.25) is 0 Å². The van der Waals surface area contributed by atoms with Crippen molar-refractivity contribution in [3.8, 4) is 5.75 Å². The molecule has 0 aliphatic carbocycles. The number of hydrogen-bond donors (Lipinski definition) is 1. The third-order valence-corrected chi connectivity index (χ3v) is 7.90. The van der Waals surface area contributed by atoms with E-state index in [0.29, 0.717) is 11.4 Å². The van der Waals surface area contributed by atoms with Crippen LogP contribution >= 0.6 is 0 Å². The summed E-state index contributed by atoms with van der Waals surface area (Å²) in [5.41, 5.74) is 1.53. The van der Waals surface area contributed by atoms with Gasteiger partial charge < -0.3 is 15.0 Å². The highest BCUT2D eigenvalue weighted by molar-refractivity contribution is 7.92. The van der Waals surface area contributed by atoms with Crippen molar-refractivity contribution in [1.29, 1.82) is 0 Å². The summed E-state index contributed by atoms with van der Waals surface area (Å²) in [7, 11) is -2.60. The summed E-state index contributed by atoms with van der Waals surface area (Å²) in [5.74, 6) is -0.290. The number of nitrogens with zero attached hydrogens (tertiary/aromatic N) is 2. The largest absolute Gasteiger partial charge is 0.497 e. The Balaban J connectivity index is 2.03. The van der Waals surface area contributed by atoms with E-state index in [-0.39, 0.29) is 17.3 Å². The molecule has 0 aliphatic heterocycles. The Labute approximate surface area is 231 Å². The molecule has 1 atom stereocenters. The van der Waals surface area contributed by atoms with Gasteiger partial charge >= 0.3 is 0 Å². The van der Waals surface area contributed by atoms with Crippen molar-refractivity contribution >= 4 is 27.5 Å². The predicted octanol–water partition coefficient (Wildman–Crippen LogP) is 4.53. The molecule has 3 rings (SSSR count). The van der Waals surface area contributed by atoms with Gasteiger partial charge in [0.15, 0.2) is 0 Å². The predicted molar refractivity (Wildman–Crippen MR) is 153 cm³/mol. The SMILES string of the molecule is COc1ccc(N(CC(=O)N(Cc2ccccc2)[C@@H](C)C(=O)NC(C)(C)C)S(=O)(=O)c2ccc(C)cc2)cc1. The molecule has 0 bridgehead atoms. The van der Waals surface area contributed by atoms with E-state index in [9.17, 15) is 18.0 Å². The highest BCUT2D eigenvalue weighted by atomic mass is 32.2. The number of hydrogen-bond acceptors (Lipinski definition) is 5. The van der Waals surface area contributed by atoms with Crippen molar-refractivity contribution in [3.05, 3.63) is 90.0 Å². The van der Waals surface area contributed by atoms with Crippen LogP contribution in [0, 0.1) is 6.92 Å². The summed E-state index contributed by atoms with van der Waals surface area (Å²) in [6, 6.07) is 21.4.